The van der Waals surface area contributed by atoms with Gasteiger partial charge in [0.25, 0.3) is 0 Å². The summed E-state index contributed by atoms with van der Waals surface area (Å²) in [6.45, 7) is 0. The van der Waals surface area contributed by atoms with E-state index in [-0.39, 0.29) is 10.9 Å². The smallest absolute Gasteiger partial charge is 0.419 e. The fourth-order valence-corrected chi connectivity index (χ4v) is 2.84. The van der Waals surface area contributed by atoms with Gasteiger partial charge in [0.05, 0.1) is 25.3 Å². The minimum Gasteiger partial charge on any atom is -0.497 e. The molecule has 0 aromatic heterocycles. The normalized spacial score (nSPS) is 19.2. The second kappa shape index (κ2) is 7.72. The molecule has 0 aliphatic carbocycles. The number of amides is 1. The van der Waals surface area contributed by atoms with Gasteiger partial charge in [-0.2, -0.15) is 18.3 Å². The maximum absolute atomic E-state index is 14.0. The van der Waals surface area contributed by atoms with Crippen molar-refractivity contribution in [2.75, 3.05) is 7.11 Å². The number of alkyl halides is 3. The number of rotatable bonds is 5. The molecule has 7 nitrogen and oxygen atoms in total. The van der Waals surface area contributed by atoms with Gasteiger partial charge < -0.3 is 15.2 Å². The second-order valence-corrected chi connectivity index (χ2v) is 6.11. The van der Waals surface area contributed by atoms with Gasteiger partial charge in [0.1, 0.15) is 16.8 Å². The molecular weight excluding hydrogens is 382 g/mol. The Balaban J connectivity index is 2.23. The van der Waals surface area contributed by atoms with E-state index >= 15 is 0 Å². The fraction of sp³-hybridized carbons (Fsp3) is 0.286. The van der Waals surface area contributed by atoms with E-state index in [9.17, 15) is 27.2 Å². The number of hydrogen-bond acceptors (Lipinski definition) is 6. The van der Waals surface area contributed by atoms with Gasteiger partial charge in [0.15, 0.2) is 5.17 Å². The average molecular weight is 393 g/mol. The van der Waals surface area contributed by atoms with E-state index in [0.29, 0.717) is 6.07 Å². The average Bonchev–Trinajstić information content (AvgIpc) is 2.87. The molecule has 12 heteroatoms. The fourth-order valence-electron chi connectivity index (χ4n) is 1.93. The quantitative estimate of drug-likeness (QED) is 0.454. The molecule has 1 aliphatic heterocycles. The van der Waals surface area contributed by atoms with Gasteiger partial charge in [-0.3, -0.25) is 9.59 Å². The molecule has 1 fully saturated rings. The zero-order valence-corrected chi connectivity index (χ0v) is 13.8. The van der Waals surface area contributed by atoms with Crippen LogP contribution in [0.2, 0.25) is 0 Å². The molecule has 1 aliphatic rings. The summed E-state index contributed by atoms with van der Waals surface area (Å²) < 4.78 is 57.2. The van der Waals surface area contributed by atoms with Crippen molar-refractivity contribution >= 4 is 35.0 Å². The Hall–Kier alpha value is -2.63. The number of carbonyl (C=O) groups excluding carboxylic acids is 1. The molecule has 1 amide bonds. The van der Waals surface area contributed by atoms with E-state index in [4.69, 9.17) is 9.84 Å². The number of nitrogens with one attached hydrogen (secondary N) is 1. The first kappa shape index (κ1) is 19.7. The number of ether oxygens (including phenoxy) is 1. The molecule has 1 heterocycles. The van der Waals surface area contributed by atoms with Crippen LogP contribution in [0, 0.1) is 5.82 Å². The Labute approximate surface area is 148 Å². The van der Waals surface area contributed by atoms with Gasteiger partial charge in [-0.05, 0) is 12.1 Å². The Morgan fingerprint density at radius 2 is 2.15 bits per heavy atom. The molecule has 26 heavy (non-hydrogen) atoms. The summed E-state index contributed by atoms with van der Waals surface area (Å²) >= 11 is 0.798. The molecular formula is C14H11F4N3O4S. The van der Waals surface area contributed by atoms with Crippen LogP contribution in [0.3, 0.4) is 0 Å². The van der Waals surface area contributed by atoms with Crippen molar-refractivity contribution in [3.05, 3.63) is 29.1 Å². The Kier molecular flexibility index (Phi) is 5.85. The lowest BCUT2D eigenvalue weighted by atomic mass is 10.1. The van der Waals surface area contributed by atoms with Crippen molar-refractivity contribution in [3.63, 3.8) is 0 Å². The van der Waals surface area contributed by atoms with Crippen LogP contribution in [-0.2, 0) is 15.8 Å². The molecule has 0 bridgehead atoms. The molecule has 0 radical (unpaired) electrons. The van der Waals surface area contributed by atoms with Crippen LogP contribution in [0.25, 0.3) is 0 Å². The number of benzene rings is 1. The molecule has 2 rings (SSSR count). The van der Waals surface area contributed by atoms with Crippen LogP contribution in [0.5, 0.6) is 5.75 Å². The minimum atomic E-state index is -4.92. The Bertz CT molecular complexity index is 795. The zero-order valence-electron chi connectivity index (χ0n) is 13.0. The number of hydrogen-bond donors (Lipinski definition) is 2. The standard InChI is InChI=1S/C14H11F4N3O4S/c1-25-7-2-6(11(15)8(3-7)14(16,17)18)5-19-21-13-20-12(24)9(26-13)4-10(22)23/h2-3,5,9H,4H2,1H3,(H,22,23)(H,20,21,24). The van der Waals surface area contributed by atoms with Crippen molar-refractivity contribution < 1.29 is 37.0 Å². The van der Waals surface area contributed by atoms with Crippen molar-refractivity contribution in [3.8, 4) is 5.75 Å². The maximum atomic E-state index is 14.0. The number of nitrogens with zero attached hydrogens (tertiary/aromatic N) is 2. The topological polar surface area (TPSA) is 100 Å². The molecule has 1 atom stereocenters. The lowest BCUT2D eigenvalue weighted by Gasteiger charge is -2.11. The van der Waals surface area contributed by atoms with Crippen LogP contribution in [0.15, 0.2) is 22.3 Å². The highest BCUT2D eigenvalue weighted by Gasteiger charge is 2.36. The van der Waals surface area contributed by atoms with Crippen LogP contribution in [0.4, 0.5) is 17.6 Å². The summed E-state index contributed by atoms with van der Waals surface area (Å²) in [5.74, 6) is -3.54. The van der Waals surface area contributed by atoms with E-state index in [0.717, 1.165) is 31.2 Å². The van der Waals surface area contributed by atoms with Crippen molar-refractivity contribution in [1.29, 1.82) is 0 Å². The molecule has 0 spiro atoms. The lowest BCUT2D eigenvalue weighted by molar-refractivity contribution is -0.140. The summed E-state index contributed by atoms with van der Waals surface area (Å²) in [7, 11) is 1.13. The summed E-state index contributed by atoms with van der Waals surface area (Å²) in [5.41, 5.74) is -2.03. The second-order valence-electron chi connectivity index (χ2n) is 4.92. The number of carboxylic acids is 1. The monoisotopic (exact) mass is 393 g/mol. The number of amidine groups is 1. The highest BCUT2D eigenvalue weighted by atomic mass is 32.2. The van der Waals surface area contributed by atoms with Gasteiger partial charge in [-0.25, -0.2) is 4.39 Å². The third-order valence-corrected chi connectivity index (χ3v) is 4.17. The van der Waals surface area contributed by atoms with E-state index in [2.05, 4.69) is 15.5 Å². The number of methoxy groups -OCH3 is 1. The van der Waals surface area contributed by atoms with Gasteiger partial charge in [-0.15, -0.1) is 5.10 Å². The number of carboxylic acid groups (broad SMARTS) is 1. The number of halogens is 4. The summed E-state index contributed by atoms with van der Waals surface area (Å²) in [4.78, 5) is 22.1. The minimum absolute atomic E-state index is 0.0446. The van der Waals surface area contributed by atoms with Crippen molar-refractivity contribution in [1.82, 2.24) is 5.32 Å². The van der Waals surface area contributed by atoms with Crippen molar-refractivity contribution in [2.24, 2.45) is 10.2 Å². The highest BCUT2D eigenvalue weighted by Crippen LogP contribution is 2.35. The van der Waals surface area contributed by atoms with Crippen LogP contribution in [-0.4, -0.2) is 40.7 Å². The van der Waals surface area contributed by atoms with Gasteiger partial charge in [-0.1, -0.05) is 11.8 Å². The van der Waals surface area contributed by atoms with E-state index in [1.165, 1.54) is 0 Å². The molecule has 1 aromatic carbocycles. The maximum Gasteiger partial charge on any atom is 0.419 e. The summed E-state index contributed by atoms with van der Waals surface area (Å²) in [5, 5.41) is 17.0. The molecule has 0 saturated carbocycles. The van der Waals surface area contributed by atoms with Crippen LogP contribution in [0.1, 0.15) is 17.5 Å². The molecule has 1 aromatic rings. The predicted octanol–water partition coefficient (Wildman–Crippen LogP) is 2.25. The first-order valence-electron chi connectivity index (χ1n) is 6.87. The number of carbonyl (C=O) groups is 2. The SMILES string of the molecule is COc1cc(C=NN=C2NC(=O)C(CC(=O)O)S2)c(F)c(C(F)(F)F)c1. The lowest BCUT2D eigenvalue weighted by Crippen LogP contribution is -2.26. The highest BCUT2D eigenvalue weighted by molar-refractivity contribution is 8.15. The molecule has 140 valence electrons. The third-order valence-electron chi connectivity index (χ3n) is 3.10. The summed E-state index contributed by atoms with van der Waals surface area (Å²) in [6.07, 6.45) is -4.62. The van der Waals surface area contributed by atoms with Crippen LogP contribution >= 0.6 is 11.8 Å². The number of thioether (sulfide) groups is 1. The number of aliphatic carboxylic acids is 1. The van der Waals surface area contributed by atoms with E-state index in [1.807, 2.05) is 0 Å². The van der Waals surface area contributed by atoms with Crippen molar-refractivity contribution in [2.45, 2.75) is 17.8 Å². The van der Waals surface area contributed by atoms with Gasteiger partial charge in [0, 0.05) is 5.56 Å². The molecule has 1 saturated heterocycles. The summed E-state index contributed by atoms with van der Waals surface area (Å²) in [6, 6.07) is 1.52. The Morgan fingerprint density at radius 1 is 1.46 bits per heavy atom. The van der Waals surface area contributed by atoms with Gasteiger partial charge in [0.2, 0.25) is 5.91 Å². The molecule has 1 unspecified atom stereocenters. The third kappa shape index (κ3) is 4.71. The largest absolute Gasteiger partial charge is 0.497 e. The molecule has 2 N–H and O–H groups in total. The van der Waals surface area contributed by atoms with Gasteiger partial charge >= 0.3 is 12.1 Å². The first-order chi connectivity index (χ1) is 12.1. The predicted molar refractivity (Wildman–Crippen MR) is 84.8 cm³/mol. The first-order valence-corrected chi connectivity index (χ1v) is 7.75. The van der Waals surface area contributed by atoms with E-state index in [1.54, 1.807) is 0 Å². The van der Waals surface area contributed by atoms with E-state index < -0.39 is 46.7 Å². The van der Waals surface area contributed by atoms with Crippen LogP contribution < -0.4 is 10.1 Å². The Morgan fingerprint density at radius 3 is 2.73 bits per heavy atom. The zero-order chi connectivity index (χ0) is 19.5.